The highest BCUT2D eigenvalue weighted by Gasteiger charge is 2.27. The van der Waals surface area contributed by atoms with Crippen molar-refractivity contribution in [2.24, 2.45) is 0 Å². The molecule has 0 amide bonds. The number of hydrogen-bond acceptors (Lipinski definition) is 9. The molecule has 406 valence electrons. The number of phosphoric ester groups is 1. The molecule has 0 fully saturated rings. The van der Waals surface area contributed by atoms with Crippen molar-refractivity contribution in [3.63, 3.8) is 0 Å². The largest absolute Gasteiger partial charge is 0.472 e. The van der Waals surface area contributed by atoms with E-state index in [1.54, 1.807) is 0 Å². The van der Waals surface area contributed by atoms with Gasteiger partial charge in [-0.1, -0.05) is 243 Å². The normalized spacial score (nSPS) is 13.8. The van der Waals surface area contributed by atoms with E-state index in [1.165, 1.54) is 205 Å². The van der Waals surface area contributed by atoms with E-state index in [4.69, 9.17) is 23.6 Å². The van der Waals surface area contributed by atoms with Gasteiger partial charge in [-0.05, 0) is 64.2 Å². The number of rotatable bonds is 55. The van der Waals surface area contributed by atoms with Crippen LogP contribution in [0, 0.1) is 0 Å². The number of carbonyl (C=O) groups excluding carboxylic acids is 2. The molecule has 0 heterocycles. The maximum Gasteiger partial charge on any atom is 0.472 e. The molecule has 0 saturated carbocycles. The van der Waals surface area contributed by atoms with Gasteiger partial charge in [-0.3, -0.25) is 18.6 Å². The molecule has 0 aliphatic heterocycles. The molecule has 1 unspecified atom stereocenters. The van der Waals surface area contributed by atoms with Gasteiger partial charge in [-0.15, -0.1) is 0 Å². The molecule has 11 heteroatoms. The van der Waals surface area contributed by atoms with Crippen LogP contribution in [0.25, 0.3) is 0 Å². The highest BCUT2D eigenvalue weighted by atomic mass is 31.2. The first-order chi connectivity index (χ1) is 33.7. The zero-order chi connectivity index (χ0) is 50.4. The van der Waals surface area contributed by atoms with Crippen LogP contribution in [0.2, 0.25) is 0 Å². The molecule has 0 aliphatic rings. The molecular formula is C58H109O10P. The quantitative estimate of drug-likeness (QED) is 0.0233. The van der Waals surface area contributed by atoms with Crippen molar-refractivity contribution in [2.75, 3.05) is 26.4 Å². The van der Waals surface area contributed by atoms with Gasteiger partial charge >= 0.3 is 19.8 Å². The lowest BCUT2D eigenvalue weighted by atomic mass is 10.0. The van der Waals surface area contributed by atoms with Crippen molar-refractivity contribution in [2.45, 2.75) is 296 Å². The molecule has 0 aliphatic carbocycles. The third-order valence-electron chi connectivity index (χ3n) is 12.7. The third kappa shape index (κ3) is 53.8. The predicted molar refractivity (Wildman–Crippen MR) is 288 cm³/mol. The van der Waals surface area contributed by atoms with E-state index in [0.29, 0.717) is 19.3 Å². The molecule has 69 heavy (non-hydrogen) atoms. The van der Waals surface area contributed by atoms with Crippen molar-refractivity contribution in [1.29, 1.82) is 0 Å². The summed E-state index contributed by atoms with van der Waals surface area (Å²) >= 11 is 0. The van der Waals surface area contributed by atoms with Gasteiger partial charge < -0.3 is 24.6 Å². The lowest BCUT2D eigenvalue weighted by Crippen LogP contribution is -2.29. The smallest absolute Gasteiger partial charge is 0.462 e. The Balaban J connectivity index is 4.16. The van der Waals surface area contributed by atoms with E-state index in [1.807, 2.05) is 0 Å². The van der Waals surface area contributed by atoms with Gasteiger partial charge in [0.15, 0.2) is 6.10 Å². The van der Waals surface area contributed by atoms with Crippen LogP contribution in [-0.2, 0) is 32.7 Å². The van der Waals surface area contributed by atoms with Crippen molar-refractivity contribution in [1.82, 2.24) is 0 Å². The number of carbonyl (C=O) groups is 2. The predicted octanol–water partition coefficient (Wildman–Crippen LogP) is 17.0. The highest BCUT2D eigenvalue weighted by molar-refractivity contribution is 7.47. The topological polar surface area (TPSA) is 149 Å². The molecule has 0 aromatic heterocycles. The fourth-order valence-corrected chi connectivity index (χ4v) is 9.10. The lowest BCUT2D eigenvalue weighted by molar-refractivity contribution is -0.161. The van der Waals surface area contributed by atoms with Gasteiger partial charge in [0.2, 0.25) is 0 Å². The summed E-state index contributed by atoms with van der Waals surface area (Å²) in [5, 5.41) is 18.4. The van der Waals surface area contributed by atoms with E-state index in [-0.39, 0.29) is 19.4 Å². The number of allylic oxidation sites excluding steroid dienone is 6. The average molecular weight is 997 g/mol. The summed E-state index contributed by atoms with van der Waals surface area (Å²) in [6, 6.07) is 0. The van der Waals surface area contributed by atoms with Crippen LogP contribution in [0.3, 0.4) is 0 Å². The summed E-state index contributed by atoms with van der Waals surface area (Å²) in [5.74, 6) is -0.999. The van der Waals surface area contributed by atoms with Crippen LogP contribution in [-0.4, -0.2) is 65.7 Å². The fraction of sp³-hybridized carbons (Fsp3) is 0.862. The molecule has 0 spiro atoms. The third-order valence-corrected chi connectivity index (χ3v) is 13.7. The van der Waals surface area contributed by atoms with Gasteiger partial charge in [0, 0.05) is 12.8 Å². The Morgan fingerprint density at radius 3 is 1.09 bits per heavy atom. The van der Waals surface area contributed by atoms with Gasteiger partial charge in [0.25, 0.3) is 0 Å². The number of hydrogen-bond donors (Lipinski definition) is 3. The molecule has 0 bridgehead atoms. The summed E-state index contributed by atoms with van der Waals surface area (Å²) in [6.07, 6.45) is 61.5. The number of aliphatic hydroxyl groups excluding tert-OH is 2. The summed E-state index contributed by atoms with van der Waals surface area (Å²) in [7, 11) is -4.64. The molecule has 3 atom stereocenters. The van der Waals surface area contributed by atoms with Crippen molar-refractivity contribution < 1.29 is 47.8 Å². The number of unbranched alkanes of at least 4 members (excludes halogenated alkanes) is 35. The van der Waals surface area contributed by atoms with Gasteiger partial charge in [0.05, 0.1) is 19.8 Å². The van der Waals surface area contributed by atoms with Crippen LogP contribution in [0.1, 0.15) is 284 Å². The van der Waals surface area contributed by atoms with Gasteiger partial charge in [0.1, 0.15) is 12.7 Å². The molecule has 0 aromatic carbocycles. The Kier molecular flexibility index (Phi) is 52.6. The summed E-state index contributed by atoms with van der Waals surface area (Å²) in [5.41, 5.74) is 0. The minimum absolute atomic E-state index is 0.121. The Morgan fingerprint density at radius 1 is 0.420 bits per heavy atom. The molecule has 10 nitrogen and oxygen atoms in total. The monoisotopic (exact) mass is 997 g/mol. The minimum Gasteiger partial charge on any atom is -0.462 e. The number of phosphoric acid groups is 1. The second kappa shape index (κ2) is 54.0. The summed E-state index contributed by atoms with van der Waals surface area (Å²) < 4.78 is 32.9. The van der Waals surface area contributed by atoms with Crippen LogP contribution >= 0.6 is 7.82 Å². The van der Waals surface area contributed by atoms with E-state index in [2.05, 4.69) is 50.3 Å². The highest BCUT2D eigenvalue weighted by Crippen LogP contribution is 2.43. The SMILES string of the molecule is CCCCCCCCCCCCCCCC/C=C/CC/C=C/CCCC(=O)O[C@H](COC(=O)CCC/C=C/CCCCCCCCCCCCCCCCCCCC)COP(=O)(O)OC[C@@H](O)CO. The second-order valence-electron chi connectivity index (χ2n) is 19.7. The Labute approximate surface area is 424 Å². The Bertz CT molecular complexity index is 1240. The Hall–Kier alpha value is -1.81. The Morgan fingerprint density at radius 2 is 0.725 bits per heavy atom. The zero-order valence-corrected chi connectivity index (χ0v) is 45.7. The van der Waals surface area contributed by atoms with Crippen LogP contribution in [0.15, 0.2) is 36.5 Å². The fourth-order valence-electron chi connectivity index (χ4n) is 8.32. The van der Waals surface area contributed by atoms with Gasteiger partial charge in [-0.25, -0.2) is 4.57 Å². The summed E-state index contributed by atoms with van der Waals surface area (Å²) in [4.78, 5) is 35.2. The first kappa shape index (κ1) is 67.2. The average Bonchev–Trinajstić information content (AvgIpc) is 3.34. The van der Waals surface area contributed by atoms with Crippen LogP contribution < -0.4 is 0 Å². The van der Waals surface area contributed by atoms with Crippen molar-refractivity contribution in [3.05, 3.63) is 36.5 Å². The van der Waals surface area contributed by atoms with Crippen molar-refractivity contribution >= 4 is 19.8 Å². The lowest BCUT2D eigenvalue weighted by Gasteiger charge is -2.20. The minimum atomic E-state index is -4.64. The van der Waals surface area contributed by atoms with Crippen LogP contribution in [0.4, 0.5) is 0 Å². The maximum atomic E-state index is 12.7. The number of aliphatic hydroxyl groups is 2. The van der Waals surface area contributed by atoms with E-state index >= 15 is 0 Å². The van der Waals surface area contributed by atoms with E-state index in [9.17, 15) is 24.2 Å². The van der Waals surface area contributed by atoms with E-state index in [0.717, 1.165) is 32.1 Å². The second-order valence-corrected chi connectivity index (χ2v) is 21.1. The van der Waals surface area contributed by atoms with Gasteiger partial charge in [-0.2, -0.15) is 0 Å². The summed E-state index contributed by atoms with van der Waals surface area (Å²) in [6.45, 7) is 2.37. The first-order valence-electron chi connectivity index (χ1n) is 28.9. The standard InChI is InChI=1S/C58H109O10P/c1-3-5-7-9-11-13-15-17-19-21-23-25-27-29-31-33-35-37-39-41-43-45-47-49-57(61)65-53-56(54-67-69(63,64)66-52-55(60)51-59)68-58(62)50-48-46-44-42-40-38-36-34-32-30-28-26-24-22-20-18-16-14-12-10-8-6-4-2/h34,36,41-44,55-56,59-60H,3-33,35,37-40,45-54H2,1-2H3,(H,63,64)/b36-34+,43-41+,44-42+/t55-,56+/m0/s1. The number of esters is 2. The maximum absolute atomic E-state index is 12.7. The molecule has 0 radical (unpaired) electrons. The van der Waals surface area contributed by atoms with Crippen molar-refractivity contribution in [3.8, 4) is 0 Å². The molecular weight excluding hydrogens is 888 g/mol. The molecule has 0 rings (SSSR count). The first-order valence-corrected chi connectivity index (χ1v) is 30.4. The molecule has 3 N–H and O–H groups in total. The number of ether oxygens (including phenoxy) is 2. The van der Waals surface area contributed by atoms with Crippen LogP contribution in [0.5, 0.6) is 0 Å². The molecule has 0 aromatic rings. The zero-order valence-electron chi connectivity index (χ0n) is 44.8. The molecule has 0 saturated heterocycles. The van der Waals surface area contributed by atoms with E-state index < -0.39 is 51.8 Å².